The fourth-order valence-electron chi connectivity index (χ4n) is 3.19. The monoisotopic (exact) mass is 331 g/mol. The van der Waals surface area contributed by atoms with Crippen molar-refractivity contribution in [3.8, 4) is 0 Å². The maximum atomic E-state index is 12.4. The summed E-state index contributed by atoms with van der Waals surface area (Å²) >= 11 is 5.87. The Hall–Kier alpha value is -1.78. The molecule has 0 aliphatic carbocycles. The van der Waals surface area contributed by atoms with Crippen LogP contribution < -0.4 is 5.32 Å². The lowest BCUT2D eigenvalue weighted by Crippen LogP contribution is -2.37. The molecule has 0 radical (unpaired) electrons. The van der Waals surface area contributed by atoms with E-state index in [0.29, 0.717) is 17.1 Å². The number of hydrogen-bond donors (Lipinski definition) is 1. The molecule has 23 heavy (non-hydrogen) atoms. The Morgan fingerprint density at radius 2 is 1.91 bits per heavy atom. The lowest BCUT2D eigenvalue weighted by molar-refractivity contribution is 0.0936. The van der Waals surface area contributed by atoms with Gasteiger partial charge in [-0.1, -0.05) is 11.6 Å². The number of carbonyl (C=O) groups is 1. The molecule has 1 unspecified atom stereocenters. The average Bonchev–Trinajstić information content (AvgIpc) is 3.21. The van der Waals surface area contributed by atoms with E-state index in [0.717, 1.165) is 13.1 Å². The van der Waals surface area contributed by atoms with E-state index >= 15 is 0 Å². The molecular formula is C18H22ClN3O. The van der Waals surface area contributed by atoms with Crippen molar-refractivity contribution in [3.63, 3.8) is 0 Å². The van der Waals surface area contributed by atoms with Gasteiger partial charge >= 0.3 is 0 Å². The molecule has 4 nitrogen and oxygen atoms in total. The third kappa shape index (κ3) is 3.77. The molecule has 1 aliphatic heterocycles. The van der Waals surface area contributed by atoms with Crippen LogP contribution in [0.5, 0.6) is 0 Å². The first-order chi connectivity index (χ1) is 11.1. The molecule has 3 rings (SSSR count). The number of amides is 1. The topological polar surface area (TPSA) is 37.3 Å². The van der Waals surface area contributed by atoms with E-state index in [1.165, 1.54) is 18.5 Å². The van der Waals surface area contributed by atoms with Crippen molar-refractivity contribution >= 4 is 17.5 Å². The highest BCUT2D eigenvalue weighted by atomic mass is 35.5. The summed E-state index contributed by atoms with van der Waals surface area (Å²) in [6, 6.07) is 11.4. The Kier molecular flexibility index (Phi) is 5.03. The smallest absolute Gasteiger partial charge is 0.251 e. The van der Waals surface area contributed by atoms with E-state index in [2.05, 4.69) is 40.2 Å². The second-order valence-electron chi connectivity index (χ2n) is 6.02. The molecule has 1 aromatic carbocycles. The number of nitrogens with one attached hydrogen (secondary N) is 1. The van der Waals surface area contributed by atoms with Crippen LogP contribution in [-0.2, 0) is 7.05 Å². The minimum atomic E-state index is -0.0555. The number of halogens is 1. The zero-order valence-electron chi connectivity index (χ0n) is 13.3. The maximum Gasteiger partial charge on any atom is 0.251 e. The Morgan fingerprint density at radius 1 is 1.22 bits per heavy atom. The quantitative estimate of drug-likeness (QED) is 0.913. The van der Waals surface area contributed by atoms with Crippen LogP contribution >= 0.6 is 11.6 Å². The number of likely N-dealkylation sites (tertiary alicyclic amines) is 1. The molecular weight excluding hydrogens is 310 g/mol. The van der Waals surface area contributed by atoms with Crippen LogP contribution in [0.25, 0.3) is 0 Å². The van der Waals surface area contributed by atoms with Gasteiger partial charge in [-0.05, 0) is 62.3 Å². The zero-order chi connectivity index (χ0) is 16.2. The molecule has 1 amide bonds. The van der Waals surface area contributed by atoms with Gasteiger partial charge in [-0.25, -0.2) is 0 Å². The molecule has 1 N–H and O–H groups in total. The third-order valence-corrected chi connectivity index (χ3v) is 4.72. The summed E-state index contributed by atoms with van der Waals surface area (Å²) in [5, 5.41) is 3.71. The van der Waals surface area contributed by atoms with E-state index in [1.807, 2.05) is 0 Å². The third-order valence-electron chi connectivity index (χ3n) is 4.47. The molecule has 0 spiro atoms. The van der Waals surface area contributed by atoms with Gasteiger partial charge in [0, 0.05) is 36.1 Å². The second kappa shape index (κ2) is 7.20. The molecule has 2 heterocycles. The molecule has 1 fully saturated rings. The van der Waals surface area contributed by atoms with Crippen molar-refractivity contribution in [1.29, 1.82) is 0 Å². The molecule has 5 heteroatoms. The lowest BCUT2D eigenvalue weighted by atomic mass is 10.1. The summed E-state index contributed by atoms with van der Waals surface area (Å²) < 4.78 is 2.14. The first-order valence-electron chi connectivity index (χ1n) is 8.04. The summed E-state index contributed by atoms with van der Waals surface area (Å²) in [6.07, 6.45) is 4.51. The lowest BCUT2D eigenvalue weighted by Gasteiger charge is -2.28. The number of carbonyl (C=O) groups excluding carboxylic acids is 1. The van der Waals surface area contributed by atoms with Gasteiger partial charge in [0.05, 0.1) is 6.04 Å². The molecule has 0 bridgehead atoms. The SMILES string of the molecule is Cn1cccc1C(CNC(=O)c1ccc(Cl)cc1)N1CCCC1. The van der Waals surface area contributed by atoms with E-state index in [9.17, 15) is 4.79 Å². The van der Waals surface area contributed by atoms with Crippen molar-refractivity contribution in [2.45, 2.75) is 18.9 Å². The van der Waals surface area contributed by atoms with Crippen molar-refractivity contribution in [2.75, 3.05) is 19.6 Å². The van der Waals surface area contributed by atoms with Gasteiger partial charge in [-0.3, -0.25) is 9.69 Å². The number of nitrogens with zero attached hydrogens (tertiary/aromatic N) is 2. The minimum absolute atomic E-state index is 0.0555. The highest BCUT2D eigenvalue weighted by Crippen LogP contribution is 2.24. The predicted octanol–water partition coefficient (Wildman–Crippen LogP) is 3.25. The van der Waals surface area contributed by atoms with Crippen molar-refractivity contribution in [1.82, 2.24) is 14.8 Å². The van der Waals surface area contributed by atoms with E-state index in [1.54, 1.807) is 24.3 Å². The normalized spacial score (nSPS) is 16.4. The summed E-state index contributed by atoms with van der Waals surface area (Å²) in [5.41, 5.74) is 1.88. The van der Waals surface area contributed by atoms with Crippen LogP contribution in [0.15, 0.2) is 42.6 Å². The standard InChI is InChI=1S/C18H22ClN3O/c1-21-10-4-5-16(21)17(22-11-2-3-12-22)13-20-18(23)14-6-8-15(19)9-7-14/h4-10,17H,2-3,11-13H2,1H3,(H,20,23). The van der Waals surface area contributed by atoms with Gasteiger partial charge < -0.3 is 9.88 Å². The first kappa shape index (κ1) is 16.1. The number of rotatable bonds is 5. The first-order valence-corrected chi connectivity index (χ1v) is 8.42. The zero-order valence-corrected chi connectivity index (χ0v) is 14.1. The molecule has 1 saturated heterocycles. The summed E-state index contributed by atoms with van der Waals surface area (Å²) in [6.45, 7) is 2.79. The van der Waals surface area contributed by atoms with Crippen LogP contribution in [0.1, 0.15) is 34.9 Å². The van der Waals surface area contributed by atoms with Gasteiger partial charge in [-0.15, -0.1) is 0 Å². The highest BCUT2D eigenvalue weighted by Gasteiger charge is 2.25. The van der Waals surface area contributed by atoms with Crippen LogP contribution in [0.3, 0.4) is 0 Å². The summed E-state index contributed by atoms with van der Waals surface area (Å²) in [4.78, 5) is 14.8. The van der Waals surface area contributed by atoms with Gasteiger partial charge in [0.25, 0.3) is 5.91 Å². The van der Waals surface area contributed by atoms with Gasteiger partial charge in [-0.2, -0.15) is 0 Å². The molecule has 2 aromatic rings. The van der Waals surface area contributed by atoms with Crippen LogP contribution in [0.4, 0.5) is 0 Å². The summed E-state index contributed by atoms with van der Waals surface area (Å²) in [5.74, 6) is -0.0555. The molecule has 1 aliphatic rings. The number of aryl methyl sites for hydroxylation is 1. The largest absolute Gasteiger partial charge is 0.353 e. The number of benzene rings is 1. The van der Waals surface area contributed by atoms with E-state index in [-0.39, 0.29) is 11.9 Å². The fraction of sp³-hybridized carbons (Fsp3) is 0.389. The van der Waals surface area contributed by atoms with Crippen molar-refractivity contribution in [2.24, 2.45) is 7.05 Å². The van der Waals surface area contributed by atoms with Crippen LogP contribution in [0.2, 0.25) is 5.02 Å². The fourth-order valence-corrected chi connectivity index (χ4v) is 3.31. The Bertz CT molecular complexity index is 659. The van der Waals surface area contributed by atoms with Crippen molar-refractivity contribution in [3.05, 3.63) is 58.9 Å². The number of aromatic nitrogens is 1. The Labute approximate surface area is 142 Å². The minimum Gasteiger partial charge on any atom is -0.353 e. The van der Waals surface area contributed by atoms with Crippen LogP contribution in [0, 0.1) is 0 Å². The van der Waals surface area contributed by atoms with Gasteiger partial charge in [0.2, 0.25) is 0 Å². The van der Waals surface area contributed by atoms with Gasteiger partial charge in [0.1, 0.15) is 0 Å². The molecule has 1 atom stereocenters. The van der Waals surface area contributed by atoms with Crippen molar-refractivity contribution < 1.29 is 4.79 Å². The van der Waals surface area contributed by atoms with E-state index in [4.69, 9.17) is 11.6 Å². The van der Waals surface area contributed by atoms with Crippen LogP contribution in [-0.4, -0.2) is 35.0 Å². The molecule has 0 saturated carbocycles. The molecule has 122 valence electrons. The Balaban J connectivity index is 1.70. The van der Waals surface area contributed by atoms with E-state index < -0.39 is 0 Å². The summed E-state index contributed by atoms with van der Waals surface area (Å²) in [7, 11) is 2.05. The number of hydrogen-bond acceptors (Lipinski definition) is 2. The Morgan fingerprint density at radius 3 is 2.52 bits per heavy atom. The second-order valence-corrected chi connectivity index (χ2v) is 6.46. The van der Waals surface area contributed by atoms with Gasteiger partial charge in [0.15, 0.2) is 0 Å². The average molecular weight is 332 g/mol. The molecule has 1 aromatic heterocycles. The maximum absolute atomic E-state index is 12.4. The highest BCUT2D eigenvalue weighted by molar-refractivity contribution is 6.30. The predicted molar refractivity (Wildman–Crippen MR) is 92.7 cm³/mol.